The first-order valence-electron chi connectivity index (χ1n) is 3.00. The minimum Gasteiger partial charge on any atom is -0.245 e. The van der Waals surface area contributed by atoms with Crippen molar-refractivity contribution in [2.24, 2.45) is 7.05 Å². The zero-order valence-corrected chi connectivity index (χ0v) is 5.80. The Morgan fingerprint density at radius 1 is 1.55 bits per heavy atom. The summed E-state index contributed by atoms with van der Waals surface area (Å²) in [7, 11) is 1.57. The summed E-state index contributed by atoms with van der Waals surface area (Å²) < 4.78 is 2.49. The van der Waals surface area contributed by atoms with Gasteiger partial charge < -0.3 is 0 Å². The van der Waals surface area contributed by atoms with Crippen molar-refractivity contribution < 1.29 is 0 Å². The molecule has 0 aliphatic carbocycles. The molecule has 6 heteroatoms. The van der Waals surface area contributed by atoms with Gasteiger partial charge in [0.1, 0.15) is 12.7 Å². The van der Waals surface area contributed by atoms with Gasteiger partial charge in [0.05, 0.1) is 0 Å². The predicted octanol–water partition coefficient (Wildman–Crippen LogP) is -1.18. The molecule has 0 bridgehead atoms. The third-order valence-corrected chi connectivity index (χ3v) is 1.36. The number of hydrogen-bond donors (Lipinski definition) is 0. The van der Waals surface area contributed by atoms with E-state index in [1.165, 1.54) is 21.7 Å². The number of rotatable bonds is 0. The van der Waals surface area contributed by atoms with Crippen LogP contribution in [0.1, 0.15) is 0 Å². The lowest BCUT2D eigenvalue weighted by atomic mass is 10.9. The Morgan fingerprint density at radius 2 is 2.36 bits per heavy atom. The number of aromatic nitrogens is 5. The van der Waals surface area contributed by atoms with E-state index in [0.29, 0.717) is 5.78 Å². The van der Waals surface area contributed by atoms with Crippen molar-refractivity contribution in [1.82, 2.24) is 24.1 Å². The minimum absolute atomic E-state index is 0.236. The molecule has 0 N–H and O–H groups in total. The Morgan fingerprint density at radius 3 is 3.09 bits per heavy atom. The molecule has 0 unspecified atom stereocenters. The van der Waals surface area contributed by atoms with Crippen molar-refractivity contribution in [3.05, 3.63) is 23.1 Å². The number of aryl methyl sites for hydroxylation is 1. The molecule has 0 amide bonds. The Bertz CT molecular complexity index is 441. The summed E-state index contributed by atoms with van der Waals surface area (Å²) in [5, 5.41) is 3.83. The first-order chi connectivity index (χ1) is 5.29. The van der Waals surface area contributed by atoms with Crippen LogP contribution in [-0.2, 0) is 7.05 Å². The van der Waals surface area contributed by atoms with Crippen molar-refractivity contribution >= 4 is 5.78 Å². The van der Waals surface area contributed by atoms with Gasteiger partial charge in [-0.25, -0.2) is 18.9 Å². The van der Waals surface area contributed by atoms with Gasteiger partial charge in [0, 0.05) is 7.05 Å². The summed E-state index contributed by atoms with van der Waals surface area (Å²) in [5.41, 5.74) is -0.236. The smallest absolute Gasteiger partial charge is 0.245 e. The summed E-state index contributed by atoms with van der Waals surface area (Å²) in [6.07, 6.45) is 2.74. The SMILES string of the molecule is Cn1nc2ncncn2c1=O. The van der Waals surface area contributed by atoms with Crippen LogP contribution in [0, 0.1) is 0 Å². The fourth-order valence-electron chi connectivity index (χ4n) is 0.837. The van der Waals surface area contributed by atoms with E-state index in [9.17, 15) is 4.79 Å². The molecule has 0 radical (unpaired) electrons. The highest BCUT2D eigenvalue weighted by Crippen LogP contribution is 1.84. The second-order valence-corrected chi connectivity index (χ2v) is 2.09. The Hall–Kier alpha value is -1.72. The van der Waals surface area contributed by atoms with E-state index < -0.39 is 0 Å². The summed E-state index contributed by atoms with van der Waals surface area (Å²) >= 11 is 0. The normalized spacial score (nSPS) is 10.6. The Balaban J connectivity index is 3.04. The van der Waals surface area contributed by atoms with E-state index in [4.69, 9.17) is 0 Å². The highest BCUT2D eigenvalue weighted by molar-refractivity contribution is 5.21. The minimum atomic E-state index is -0.236. The Labute approximate surface area is 61.1 Å². The largest absolute Gasteiger partial charge is 0.352 e. The number of fused-ring (bicyclic) bond motifs is 1. The van der Waals surface area contributed by atoms with Crippen LogP contribution in [0.2, 0.25) is 0 Å². The molecule has 2 heterocycles. The lowest BCUT2D eigenvalue weighted by Gasteiger charge is -1.82. The molecule has 0 aromatic carbocycles. The molecule has 0 aliphatic heterocycles. The fraction of sp³-hybridized carbons (Fsp3) is 0.200. The van der Waals surface area contributed by atoms with E-state index in [-0.39, 0.29) is 5.69 Å². The molecule has 2 rings (SSSR count). The van der Waals surface area contributed by atoms with Gasteiger partial charge in [0.25, 0.3) is 5.78 Å². The molecule has 2 aromatic rings. The first-order valence-corrected chi connectivity index (χ1v) is 3.00. The standard InChI is InChI=1S/C5H5N5O/c1-9-5(11)10-3-6-2-7-4(10)8-9/h2-3H,1H3. The monoisotopic (exact) mass is 151 g/mol. The van der Waals surface area contributed by atoms with Crippen LogP contribution in [0.25, 0.3) is 5.78 Å². The van der Waals surface area contributed by atoms with Crippen LogP contribution in [0.3, 0.4) is 0 Å². The Kier molecular flexibility index (Phi) is 1.03. The van der Waals surface area contributed by atoms with E-state index in [2.05, 4.69) is 15.1 Å². The van der Waals surface area contributed by atoms with Gasteiger partial charge in [-0.05, 0) is 0 Å². The van der Waals surface area contributed by atoms with E-state index in [1.54, 1.807) is 7.05 Å². The van der Waals surface area contributed by atoms with Crippen LogP contribution in [0.5, 0.6) is 0 Å². The van der Waals surface area contributed by atoms with E-state index >= 15 is 0 Å². The average molecular weight is 151 g/mol. The third-order valence-electron chi connectivity index (χ3n) is 1.36. The van der Waals surface area contributed by atoms with Crippen LogP contribution in [0.4, 0.5) is 0 Å². The van der Waals surface area contributed by atoms with Gasteiger partial charge in [-0.3, -0.25) is 0 Å². The highest BCUT2D eigenvalue weighted by Gasteiger charge is 2.01. The molecule has 0 atom stereocenters. The lowest BCUT2D eigenvalue weighted by Crippen LogP contribution is -2.17. The van der Waals surface area contributed by atoms with Crippen molar-refractivity contribution in [3.8, 4) is 0 Å². The molecule has 0 fully saturated rings. The van der Waals surface area contributed by atoms with Gasteiger partial charge in [0.2, 0.25) is 0 Å². The summed E-state index contributed by atoms with van der Waals surface area (Å²) in [6.45, 7) is 0. The summed E-state index contributed by atoms with van der Waals surface area (Å²) in [6, 6.07) is 0. The van der Waals surface area contributed by atoms with Gasteiger partial charge >= 0.3 is 5.69 Å². The van der Waals surface area contributed by atoms with Gasteiger partial charge in [-0.2, -0.15) is 4.98 Å². The van der Waals surface area contributed by atoms with Crippen molar-refractivity contribution in [3.63, 3.8) is 0 Å². The molecular weight excluding hydrogens is 146 g/mol. The van der Waals surface area contributed by atoms with Crippen molar-refractivity contribution in [1.29, 1.82) is 0 Å². The second kappa shape index (κ2) is 1.88. The first kappa shape index (κ1) is 6.02. The number of hydrogen-bond acceptors (Lipinski definition) is 4. The predicted molar refractivity (Wildman–Crippen MR) is 36.0 cm³/mol. The quantitative estimate of drug-likeness (QED) is 0.475. The summed E-state index contributed by atoms with van der Waals surface area (Å²) in [4.78, 5) is 18.6. The fourth-order valence-corrected chi connectivity index (χ4v) is 0.837. The molecule has 11 heavy (non-hydrogen) atoms. The van der Waals surface area contributed by atoms with Crippen molar-refractivity contribution in [2.45, 2.75) is 0 Å². The van der Waals surface area contributed by atoms with E-state index in [0.717, 1.165) is 0 Å². The maximum absolute atomic E-state index is 11.1. The zero-order chi connectivity index (χ0) is 7.84. The molecule has 0 saturated carbocycles. The molecule has 0 aliphatic rings. The third kappa shape index (κ3) is 0.721. The molecular formula is C5H5N5O. The van der Waals surface area contributed by atoms with Crippen LogP contribution in [-0.4, -0.2) is 24.1 Å². The second-order valence-electron chi connectivity index (χ2n) is 2.09. The topological polar surface area (TPSA) is 65.1 Å². The highest BCUT2D eigenvalue weighted by atomic mass is 16.2. The van der Waals surface area contributed by atoms with Crippen molar-refractivity contribution in [2.75, 3.05) is 0 Å². The van der Waals surface area contributed by atoms with Crippen LogP contribution >= 0.6 is 0 Å². The molecule has 0 saturated heterocycles. The van der Waals surface area contributed by atoms with Gasteiger partial charge in [0.15, 0.2) is 0 Å². The maximum Gasteiger partial charge on any atom is 0.352 e. The van der Waals surface area contributed by atoms with Gasteiger partial charge in [-0.15, -0.1) is 5.10 Å². The zero-order valence-electron chi connectivity index (χ0n) is 5.80. The maximum atomic E-state index is 11.1. The molecule has 0 spiro atoms. The lowest BCUT2D eigenvalue weighted by molar-refractivity contribution is 0.731. The number of nitrogens with zero attached hydrogens (tertiary/aromatic N) is 5. The van der Waals surface area contributed by atoms with Gasteiger partial charge in [-0.1, -0.05) is 0 Å². The van der Waals surface area contributed by atoms with E-state index in [1.807, 2.05) is 0 Å². The molecule has 56 valence electrons. The molecule has 6 nitrogen and oxygen atoms in total. The summed E-state index contributed by atoms with van der Waals surface area (Å²) in [5.74, 6) is 0.368. The van der Waals surface area contributed by atoms with Crippen LogP contribution in [0.15, 0.2) is 17.4 Å². The van der Waals surface area contributed by atoms with Crippen LogP contribution < -0.4 is 5.69 Å². The molecule has 2 aromatic heterocycles. The average Bonchev–Trinajstić information content (AvgIpc) is 2.30.